The molecule has 1 rings (SSSR count). The van der Waals surface area contributed by atoms with Crippen LogP contribution in [0.15, 0.2) is 17.3 Å². The molecule has 16 heavy (non-hydrogen) atoms. The molecule has 1 atom stereocenters. The number of nitrogens with one attached hydrogen (secondary N) is 1. The van der Waals surface area contributed by atoms with E-state index in [1.165, 1.54) is 16.9 Å². The summed E-state index contributed by atoms with van der Waals surface area (Å²) in [6, 6.07) is 0.965. The van der Waals surface area contributed by atoms with E-state index in [1.54, 1.807) is 7.05 Å². The van der Waals surface area contributed by atoms with Crippen LogP contribution >= 0.6 is 0 Å². The van der Waals surface area contributed by atoms with Crippen molar-refractivity contribution in [3.8, 4) is 12.3 Å². The molecule has 0 radical (unpaired) electrons. The highest BCUT2D eigenvalue weighted by molar-refractivity contribution is 7.89. The standard InChI is InChI=1S/C10H15N3O2S/c1-4-6-9(5-2)12-16(14,15)10-7-8-11-13(10)3/h2,7-9,12H,4,6H2,1,3H3. The molecule has 88 valence electrons. The van der Waals surface area contributed by atoms with Crippen molar-refractivity contribution in [2.24, 2.45) is 7.05 Å². The van der Waals surface area contributed by atoms with Gasteiger partial charge in [-0.2, -0.15) is 9.82 Å². The highest BCUT2D eigenvalue weighted by atomic mass is 32.2. The molecule has 0 aromatic carbocycles. The molecule has 0 saturated carbocycles. The van der Waals surface area contributed by atoms with Crippen molar-refractivity contribution in [3.05, 3.63) is 12.3 Å². The van der Waals surface area contributed by atoms with Gasteiger partial charge in [0.05, 0.1) is 12.2 Å². The van der Waals surface area contributed by atoms with E-state index in [0.717, 1.165) is 6.42 Å². The highest BCUT2D eigenvalue weighted by Crippen LogP contribution is 2.08. The fraction of sp³-hybridized carbons (Fsp3) is 0.500. The minimum Gasteiger partial charge on any atom is -0.256 e. The van der Waals surface area contributed by atoms with Crippen molar-refractivity contribution in [1.82, 2.24) is 14.5 Å². The zero-order valence-corrected chi connectivity index (χ0v) is 10.2. The summed E-state index contributed by atoms with van der Waals surface area (Å²) in [6.45, 7) is 1.95. The second kappa shape index (κ2) is 5.14. The van der Waals surface area contributed by atoms with Gasteiger partial charge in [-0.15, -0.1) is 6.42 Å². The van der Waals surface area contributed by atoms with Crippen LogP contribution in [0, 0.1) is 12.3 Å². The van der Waals surface area contributed by atoms with E-state index in [-0.39, 0.29) is 5.03 Å². The molecule has 0 aliphatic heterocycles. The van der Waals surface area contributed by atoms with Crippen molar-refractivity contribution in [1.29, 1.82) is 0 Å². The lowest BCUT2D eigenvalue weighted by Crippen LogP contribution is -2.34. The van der Waals surface area contributed by atoms with E-state index >= 15 is 0 Å². The number of terminal acetylenes is 1. The summed E-state index contributed by atoms with van der Waals surface area (Å²) < 4.78 is 27.5. The fourth-order valence-electron chi connectivity index (χ4n) is 1.34. The molecule has 1 aromatic rings. The molecule has 0 aliphatic rings. The summed E-state index contributed by atoms with van der Waals surface area (Å²) in [5.41, 5.74) is 0. The van der Waals surface area contributed by atoms with Crippen LogP contribution in [0.5, 0.6) is 0 Å². The summed E-state index contributed by atoms with van der Waals surface area (Å²) in [5, 5.41) is 3.92. The molecule has 5 nitrogen and oxygen atoms in total. The molecule has 0 spiro atoms. The Morgan fingerprint density at radius 1 is 1.69 bits per heavy atom. The average Bonchev–Trinajstić information content (AvgIpc) is 2.64. The van der Waals surface area contributed by atoms with Gasteiger partial charge in [-0.05, 0) is 12.5 Å². The second-order valence-electron chi connectivity index (χ2n) is 3.42. The molecule has 0 aliphatic carbocycles. The topological polar surface area (TPSA) is 64.0 Å². The largest absolute Gasteiger partial charge is 0.258 e. The molecule has 0 bridgehead atoms. The Morgan fingerprint density at radius 2 is 2.38 bits per heavy atom. The van der Waals surface area contributed by atoms with Gasteiger partial charge in [-0.25, -0.2) is 8.42 Å². The number of hydrogen-bond donors (Lipinski definition) is 1. The zero-order chi connectivity index (χ0) is 12.2. The molecule has 1 heterocycles. The predicted octanol–water partition coefficient (Wildman–Crippen LogP) is 0.500. The molecule has 0 amide bonds. The smallest absolute Gasteiger partial charge is 0.256 e. The maximum absolute atomic E-state index is 11.9. The second-order valence-corrected chi connectivity index (χ2v) is 5.08. The van der Waals surface area contributed by atoms with Crippen molar-refractivity contribution < 1.29 is 8.42 Å². The average molecular weight is 241 g/mol. The van der Waals surface area contributed by atoms with E-state index in [9.17, 15) is 8.42 Å². The maximum Gasteiger partial charge on any atom is 0.258 e. The molecule has 1 aromatic heterocycles. The number of rotatable bonds is 5. The first-order valence-corrected chi connectivity index (χ1v) is 6.46. The van der Waals surface area contributed by atoms with Crippen molar-refractivity contribution in [3.63, 3.8) is 0 Å². The van der Waals surface area contributed by atoms with Gasteiger partial charge in [0, 0.05) is 7.05 Å². The third-order valence-electron chi connectivity index (χ3n) is 2.13. The quantitative estimate of drug-likeness (QED) is 0.763. The van der Waals surface area contributed by atoms with Gasteiger partial charge in [-0.1, -0.05) is 19.3 Å². The minimum atomic E-state index is -3.57. The maximum atomic E-state index is 11.9. The predicted molar refractivity (Wildman–Crippen MR) is 61.1 cm³/mol. The van der Waals surface area contributed by atoms with Crippen molar-refractivity contribution in [2.45, 2.75) is 30.8 Å². The van der Waals surface area contributed by atoms with Gasteiger partial charge in [0.2, 0.25) is 0 Å². The third-order valence-corrected chi connectivity index (χ3v) is 3.67. The van der Waals surface area contributed by atoms with Gasteiger partial charge in [0.1, 0.15) is 0 Å². The van der Waals surface area contributed by atoms with Crippen LogP contribution in [-0.2, 0) is 17.1 Å². The Hall–Kier alpha value is -1.32. The van der Waals surface area contributed by atoms with E-state index in [1.807, 2.05) is 6.92 Å². The van der Waals surface area contributed by atoms with E-state index in [0.29, 0.717) is 6.42 Å². The monoisotopic (exact) mass is 241 g/mol. The molecule has 0 saturated heterocycles. The van der Waals surface area contributed by atoms with Crippen molar-refractivity contribution >= 4 is 10.0 Å². The minimum absolute atomic E-state index is 0.115. The Kier molecular flexibility index (Phi) is 4.10. The highest BCUT2D eigenvalue weighted by Gasteiger charge is 2.20. The van der Waals surface area contributed by atoms with Crippen LogP contribution in [0.3, 0.4) is 0 Å². The lowest BCUT2D eigenvalue weighted by molar-refractivity contribution is 0.548. The third kappa shape index (κ3) is 2.84. The molecule has 1 unspecified atom stereocenters. The van der Waals surface area contributed by atoms with Gasteiger partial charge in [-0.3, -0.25) is 4.68 Å². The summed E-state index contributed by atoms with van der Waals surface area (Å²) in [6.07, 6.45) is 8.13. The summed E-state index contributed by atoms with van der Waals surface area (Å²) in [7, 11) is -2.00. The lowest BCUT2D eigenvalue weighted by Gasteiger charge is -2.12. The van der Waals surface area contributed by atoms with Crippen LogP contribution in [-0.4, -0.2) is 24.2 Å². The Labute approximate surface area is 95.9 Å². The van der Waals surface area contributed by atoms with E-state index in [4.69, 9.17) is 6.42 Å². The normalized spacial score (nSPS) is 13.3. The Balaban J connectivity index is 2.89. The molecular formula is C10H15N3O2S. The summed E-state index contributed by atoms with van der Waals surface area (Å²) in [5.74, 6) is 2.42. The van der Waals surface area contributed by atoms with Crippen LogP contribution in [0.2, 0.25) is 0 Å². The zero-order valence-electron chi connectivity index (χ0n) is 9.34. The van der Waals surface area contributed by atoms with Crippen LogP contribution in [0.1, 0.15) is 19.8 Å². The van der Waals surface area contributed by atoms with Crippen molar-refractivity contribution in [2.75, 3.05) is 0 Å². The number of aromatic nitrogens is 2. The van der Waals surface area contributed by atoms with Crippen LogP contribution in [0.25, 0.3) is 0 Å². The van der Waals surface area contributed by atoms with E-state index < -0.39 is 16.1 Å². The molecule has 1 N–H and O–H groups in total. The first kappa shape index (κ1) is 12.7. The lowest BCUT2D eigenvalue weighted by atomic mass is 10.2. The van der Waals surface area contributed by atoms with Gasteiger partial charge in [0.15, 0.2) is 5.03 Å². The number of sulfonamides is 1. The Morgan fingerprint density at radius 3 is 2.81 bits per heavy atom. The SMILES string of the molecule is C#CC(CCC)NS(=O)(=O)c1ccnn1C. The van der Waals surface area contributed by atoms with Crippen LogP contribution < -0.4 is 4.72 Å². The van der Waals surface area contributed by atoms with Gasteiger partial charge in [0.25, 0.3) is 10.0 Å². The number of nitrogens with zero attached hydrogens (tertiary/aromatic N) is 2. The van der Waals surface area contributed by atoms with Crippen LogP contribution in [0.4, 0.5) is 0 Å². The van der Waals surface area contributed by atoms with Gasteiger partial charge < -0.3 is 0 Å². The number of aryl methyl sites for hydroxylation is 1. The summed E-state index contributed by atoms with van der Waals surface area (Å²) in [4.78, 5) is 0. The first-order chi connectivity index (χ1) is 7.51. The summed E-state index contributed by atoms with van der Waals surface area (Å²) >= 11 is 0. The molecule has 6 heteroatoms. The fourth-order valence-corrected chi connectivity index (χ4v) is 2.65. The number of hydrogen-bond acceptors (Lipinski definition) is 3. The van der Waals surface area contributed by atoms with E-state index in [2.05, 4.69) is 15.7 Å². The molecular weight excluding hydrogens is 226 g/mol. The Bertz CT molecular complexity index is 484. The van der Waals surface area contributed by atoms with Gasteiger partial charge >= 0.3 is 0 Å². The molecule has 0 fully saturated rings. The first-order valence-electron chi connectivity index (χ1n) is 4.97.